The second-order valence-electron chi connectivity index (χ2n) is 6.76. The molecular weight excluding hydrogens is 368 g/mol. The van der Waals surface area contributed by atoms with Crippen molar-refractivity contribution >= 4 is 23.4 Å². The van der Waals surface area contributed by atoms with E-state index in [1.807, 2.05) is 41.3 Å². The van der Waals surface area contributed by atoms with E-state index >= 15 is 0 Å². The van der Waals surface area contributed by atoms with E-state index in [-0.39, 0.29) is 11.8 Å². The Morgan fingerprint density at radius 3 is 2.52 bits per heavy atom. The molecule has 0 unspecified atom stereocenters. The van der Waals surface area contributed by atoms with Crippen molar-refractivity contribution in [1.29, 1.82) is 0 Å². The molecule has 1 aromatic heterocycles. The van der Waals surface area contributed by atoms with Crippen LogP contribution in [0.3, 0.4) is 0 Å². The second kappa shape index (κ2) is 8.10. The van der Waals surface area contributed by atoms with E-state index in [4.69, 9.17) is 4.74 Å². The number of carbonyl (C=O) groups is 2. The molecule has 2 aromatic carbocycles. The molecular formula is C22H20N4O3. The van der Waals surface area contributed by atoms with Crippen LogP contribution < -0.4 is 10.2 Å². The number of para-hydroxylation sites is 1. The zero-order valence-corrected chi connectivity index (χ0v) is 15.9. The van der Waals surface area contributed by atoms with E-state index < -0.39 is 5.97 Å². The number of esters is 1. The number of hydrogen-bond donors (Lipinski definition) is 1. The lowest BCUT2D eigenvalue weighted by Crippen LogP contribution is -2.52. The fourth-order valence-corrected chi connectivity index (χ4v) is 3.23. The molecule has 0 spiro atoms. The number of hydrogen-bond acceptors (Lipinski definition) is 6. The second-order valence-corrected chi connectivity index (χ2v) is 6.76. The van der Waals surface area contributed by atoms with Crippen LogP contribution in [0.5, 0.6) is 0 Å². The fourth-order valence-electron chi connectivity index (χ4n) is 3.23. The Morgan fingerprint density at radius 1 is 1.03 bits per heavy atom. The summed E-state index contributed by atoms with van der Waals surface area (Å²) in [4.78, 5) is 35.2. The minimum Gasteiger partial charge on any atom is -0.465 e. The third-order valence-electron chi connectivity index (χ3n) is 4.89. The number of carbonyl (C=O) groups excluding carboxylic acids is 2. The first-order valence-electron chi connectivity index (χ1n) is 9.26. The zero-order valence-electron chi connectivity index (χ0n) is 15.9. The van der Waals surface area contributed by atoms with E-state index in [1.165, 1.54) is 13.4 Å². The summed E-state index contributed by atoms with van der Waals surface area (Å²) >= 11 is 0. The maximum Gasteiger partial charge on any atom is 0.339 e. The number of ether oxygens (including phenoxy) is 1. The summed E-state index contributed by atoms with van der Waals surface area (Å²) in [5.41, 5.74) is 2.65. The van der Waals surface area contributed by atoms with Gasteiger partial charge in [-0.3, -0.25) is 4.79 Å². The minimum absolute atomic E-state index is 0.130. The monoisotopic (exact) mass is 388 g/mol. The van der Waals surface area contributed by atoms with Crippen molar-refractivity contribution in [2.75, 3.05) is 30.4 Å². The molecule has 7 nitrogen and oxygen atoms in total. The van der Waals surface area contributed by atoms with Gasteiger partial charge in [0.1, 0.15) is 12.1 Å². The van der Waals surface area contributed by atoms with E-state index in [2.05, 4.69) is 15.3 Å². The number of rotatable bonds is 5. The molecule has 1 N–H and O–H groups in total. The van der Waals surface area contributed by atoms with Crippen LogP contribution in [0.25, 0.3) is 11.3 Å². The highest BCUT2D eigenvalue weighted by molar-refractivity contribution is 6.02. The summed E-state index contributed by atoms with van der Waals surface area (Å²) in [6, 6.07) is 18.6. The van der Waals surface area contributed by atoms with E-state index in [0.717, 1.165) is 17.1 Å². The van der Waals surface area contributed by atoms with Crippen LogP contribution in [0.1, 0.15) is 10.4 Å². The molecule has 7 heteroatoms. The average Bonchev–Trinajstić information content (AvgIpc) is 2.73. The lowest BCUT2D eigenvalue weighted by atomic mass is 9.98. The first-order chi connectivity index (χ1) is 14.2. The van der Waals surface area contributed by atoms with E-state index in [0.29, 0.717) is 24.3 Å². The van der Waals surface area contributed by atoms with Crippen LogP contribution in [0.2, 0.25) is 0 Å². The van der Waals surface area contributed by atoms with Gasteiger partial charge in [0.2, 0.25) is 5.91 Å². The molecule has 1 amide bonds. The van der Waals surface area contributed by atoms with Gasteiger partial charge >= 0.3 is 5.97 Å². The molecule has 0 bridgehead atoms. The summed E-state index contributed by atoms with van der Waals surface area (Å²) in [7, 11) is 1.32. The number of aromatic nitrogens is 2. The number of anilines is 2. The van der Waals surface area contributed by atoms with Crippen LogP contribution >= 0.6 is 0 Å². The zero-order chi connectivity index (χ0) is 20.2. The van der Waals surface area contributed by atoms with Gasteiger partial charge in [-0.1, -0.05) is 42.5 Å². The molecule has 1 fully saturated rings. The van der Waals surface area contributed by atoms with Crippen molar-refractivity contribution in [3.05, 3.63) is 72.6 Å². The predicted molar refractivity (Wildman–Crippen MR) is 110 cm³/mol. The van der Waals surface area contributed by atoms with Crippen LogP contribution in [-0.2, 0) is 9.53 Å². The smallest absolute Gasteiger partial charge is 0.339 e. The Bertz CT molecular complexity index is 1030. The highest BCUT2D eigenvalue weighted by Gasteiger charge is 2.34. The Morgan fingerprint density at radius 2 is 1.76 bits per heavy atom. The number of amides is 1. The van der Waals surface area contributed by atoms with Crippen LogP contribution in [-0.4, -0.2) is 42.0 Å². The van der Waals surface area contributed by atoms with Crippen molar-refractivity contribution in [2.24, 2.45) is 5.92 Å². The summed E-state index contributed by atoms with van der Waals surface area (Å²) < 4.78 is 4.77. The minimum atomic E-state index is -0.481. The van der Waals surface area contributed by atoms with Gasteiger partial charge in [-0.15, -0.1) is 0 Å². The highest BCUT2D eigenvalue weighted by Crippen LogP contribution is 2.27. The first-order valence-corrected chi connectivity index (χ1v) is 9.26. The summed E-state index contributed by atoms with van der Waals surface area (Å²) in [5.74, 6) is -0.00536. The van der Waals surface area contributed by atoms with Gasteiger partial charge in [0.15, 0.2) is 0 Å². The van der Waals surface area contributed by atoms with Gasteiger partial charge in [0, 0.05) is 24.7 Å². The van der Waals surface area contributed by atoms with Gasteiger partial charge in [-0.2, -0.15) is 0 Å². The van der Waals surface area contributed by atoms with E-state index in [9.17, 15) is 9.59 Å². The maximum absolute atomic E-state index is 12.6. The predicted octanol–water partition coefficient (Wildman–Crippen LogP) is 3.01. The molecule has 0 atom stereocenters. The third kappa shape index (κ3) is 3.94. The van der Waals surface area contributed by atoms with Gasteiger partial charge in [0.25, 0.3) is 0 Å². The Labute approximate surface area is 168 Å². The van der Waals surface area contributed by atoms with Crippen LogP contribution in [0, 0.1) is 5.92 Å². The summed E-state index contributed by atoms with van der Waals surface area (Å²) in [6.45, 7) is 1.11. The third-order valence-corrected chi connectivity index (χ3v) is 4.89. The van der Waals surface area contributed by atoms with E-state index in [1.54, 1.807) is 24.3 Å². The molecule has 2 heterocycles. The molecule has 0 saturated carbocycles. The van der Waals surface area contributed by atoms with Crippen molar-refractivity contribution in [2.45, 2.75) is 0 Å². The summed E-state index contributed by atoms with van der Waals surface area (Å²) in [5, 5.41) is 2.84. The molecule has 0 radical (unpaired) electrons. The van der Waals surface area contributed by atoms with Crippen molar-refractivity contribution < 1.29 is 14.3 Å². The SMILES string of the molecule is COC(=O)c1ccccc1NC(=O)C1CN(c2cc(-c3ccccc3)ncn2)C1. The van der Waals surface area contributed by atoms with Crippen LogP contribution in [0.15, 0.2) is 67.0 Å². The fraction of sp³-hybridized carbons (Fsp3) is 0.182. The largest absolute Gasteiger partial charge is 0.465 e. The number of benzene rings is 2. The number of methoxy groups -OCH3 is 1. The molecule has 29 heavy (non-hydrogen) atoms. The standard InChI is InChI=1S/C22H20N4O3/c1-29-22(28)17-9-5-6-10-18(17)25-21(27)16-12-26(13-16)20-11-19(23-14-24-20)15-7-3-2-4-8-15/h2-11,14,16H,12-13H2,1H3,(H,25,27). The molecule has 3 aromatic rings. The number of nitrogens with one attached hydrogen (secondary N) is 1. The maximum atomic E-state index is 12.6. The lowest BCUT2D eigenvalue weighted by Gasteiger charge is -2.39. The average molecular weight is 388 g/mol. The van der Waals surface area contributed by atoms with Crippen molar-refractivity contribution in [3.8, 4) is 11.3 Å². The topological polar surface area (TPSA) is 84.4 Å². The Kier molecular flexibility index (Phi) is 5.20. The van der Waals surface area contributed by atoms with Gasteiger partial charge in [-0.25, -0.2) is 14.8 Å². The molecule has 1 aliphatic rings. The van der Waals surface area contributed by atoms with Gasteiger partial charge < -0.3 is 15.0 Å². The van der Waals surface area contributed by atoms with Crippen molar-refractivity contribution in [1.82, 2.24) is 9.97 Å². The normalized spacial score (nSPS) is 13.5. The molecule has 4 rings (SSSR count). The number of nitrogens with zero attached hydrogens (tertiary/aromatic N) is 3. The molecule has 146 valence electrons. The van der Waals surface area contributed by atoms with Gasteiger partial charge in [-0.05, 0) is 12.1 Å². The molecule has 0 aliphatic carbocycles. The lowest BCUT2D eigenvalue weighted by molar-refractivity contribution is -0.120. The first kappa shape index (κ1) is 18.6. The van der Waals surface area contributed by atoms with Crippen LogP contribution in [0.4, 0.5) is 11.5 Å². The Balaban J connectivity index is 1.41. The molecule has 1 saturated heterocycles. The quantitative estimate of drug-likeness (QED) is 0.677. The van der Waals surface area contributed by atoms with Crippen molar-refractivity contribution in [3.63, 3.8) is 0 Å². The molecule has 1 aliphatic heterocycles. The Hall–Kier alpha value is -3.74. The summed E-state index contributed by atoms with van der Waals surface area (Å²) in [6.07, 6.45) is 1.54. The van der Waals surface area contributed by atoms with Gasteiger partial charge in [0.05, 0.1) is 30.0 Å². The highest BCUT2D eigenvalue weighted by atomic mass is 16.5.